The van der Waals surface area contributed by atoms with Crippen LogP contribution in [0.25, 0.3) is 0 Å². The van der Waals surface area contributed by atoms with Crippen LogP contribution in [0.4, 0.5) is 0 Å². The Labute approximate surface area is 112 Å². The number of nitrogens with two attached hydrogens (primary N) is 1. The van der Waals surface area contributed by atoms with Crippen molar-refractivity contribution in [1.82, 2.24) is 5.43 Å². The van der Waals surface area contributed by atoms with Crippen LogP contribution in [0, 0.1) is 6.92 Å². The van der Waals surface area contributed by atoms with Gasteiger partial charge in [0.15, 0.2) is 0 Å². The normalized spacial score (nSPS) is 12.6. The van der Waals surface area contributed by atoms with E-state index in [1.807, 2.05) is 17.8 Å². The average Bonchev–Trinajstić information content (AvgIpc) is 2.89. The molecule has 18 heavy (non-hydrogen) atoms. The molecule has 2 aromatic rings. The Hall–Kier alpha value is -1.23. The summed E-state index contributed by atoms with van der Waals surface area (Å²) in [5, 5.41) is 0. The molecule has 2 rings (SSSR count). The van der Waals surface area contributed by atoms with Crippen LogP contribution in [0.2, 0.25) is 0 Å². The summed E-state index contributed by atoms with van der Waals surface area (Å²) in [6.45, 7) is 2.09. The minimum absolute atomic E-state index is 0.244. The topological polar surface area (TPSA) is 51.2 Å². The lowest BCUT2D eigenvalue weighted by Crippen LogP contribution is -2.38. The van der Waals surface area contributed by atoms with Crippen molar-refractivity contribution < 1.29 is 4.42 Å². The fraction of sp³-hybridized carbons (Fsp3) is 0.286. The molecular formula is C14H18N2OS. The summed E-state index contributed by atoms with van der Waals surface area (Å²) >= 11 is 1.81. The van der Waals surface area contributed by atoms with E-state index in [4.69, 9.17) is 10.3 Å². The highest BCUT2D eigenvalue weighted by molar-refractivity contribution is 7.99. The molecular weight excluding hydrogens is 244 g/mol. The van der Waals surface area contributed by atoms with E-state index in [1.54, 1.807) is 12.5 Å². The third kappa shape index (κ3) is 3.91. The molecule has 3 N–H and O–H groups in total. The summed E-state index contributed by atoms with van der Waals surface area (Å²) in [5.41, 5.74) is 5.31. The Morgan fingerprint density at radius 1 is 1.28 bits per heavy atom. The highest BCUT2D eigenvalue weighted by Crippen LogP contribution is 2.20. The van der Waals surface area contributed by atoms with Gasteiger partial charge in [-0.15, -0.1) is 11.8 Å². The van der Waals surface area contributed by atoms with Gasteiger partial charge in [0.2, 0.25) is 0 Å². The Morgan fingerprint density at radius 3 is 2.67 bits per heavy atom. The maximum atomic E-state index is 5.58. The van der Waals surface area contributed by atoms with Crippen LogP contribution in [0.1, 0.15) is 11.1 Å². The van der Waals surface area contributed by atoms with Crippen molar-refractivity contribution in [1.29, 1.82) is 0 Å². The second kappa shape index (κ2) is 6.64. The molecule has 4 heteroatoms. The lowest BCUT2D eigenvalue weighted by molar-refractivity contribution is 0.548. The lowest BCUT2D eigenvalue weighted by atomic mass is 10.1. The van der Waals surface area contributed by atoms with E-state index in [9.17, 15) is 0 Å². The number of rotatable bonds is 6. The smallest absolute Gasteiger partial charge is 0.0935 e. The molecule has 0 bridgehead atoms. The molecule has 0 saturated carbocycles. The van der Waals surface area contributed by atoms with Gasteiger partial charge in [0.05, 0.1) is 12.5 Å². The third-order valence-electron chi connectivity index (χ3n) is 2.77. The molecule has 1 heterocycles. The molecule has 0 radical (unpaired) electrons. The summed E-state index contributed by atoms with van der Waals surface area (Å²) in [4.78, 5) is 1.27. The molecule has 0 aliphatic carbocycles. The van der Waals surface area contributed by atoms with Gasteiger partial charge in [-0.05, 0) is 37.1 Å². The zero-order valence-corrected chi connectivity index (χ0v) is 11.2. The fourth-order valence-electron chi connectivity index (χ4n) is 1.69. The highest BCUT2D eigenvalue weighted by Gasteiger charge is 2.09. The molecule has 96 valence electrons. The zero-order valence-electron chi connectivity index (χ0n) is 10.4. The van der Waals surface area contributed by atoms with Gasteiger partial charge < -0.3 is 4.42 Å². The van der Waals surface area contributed by atoms with Crippen molar-refractivity contribution in [3.8, 4) is 0 Å². The molecule has 0 amide bonds. The van der Waals surface area contributed by atoms with Gasteiger partial charge in [-0.2, -0.15) is 0 Å². The van der Waals surface area contributed by atoms with Gasteiger partial charge in [0, 0.05) is 16.7 Å². The molecule has 1 unspecified atom stereocenters. The third-order valence-corrected chi connectivity index (χ3v) is 3.94. The predicted molar refractivity (Wildman–Crippen MR) is 75.4 cm³/mol. The second-order valence-corrected chi connectivity index (χ2v) is 5.42. The summed E-state index contributed by atoms with van der Waals surface area (Å²) in [6, 6.07) is 10.8. The summed E-state index contributed by atoms with van der Waals surface area (Å²) in [7, 11) is 0. The molecule has 0 saturated heterocycles. The molecule has 0 spiro atoms. The summed E-state index contributed by atoms with van der Waals surface area (Å²) in [5.74, 6) is 6.52. The number of benzene rings is 1. The van der Waals surface area contributed by atoms with Crippen molar-refractivity contribution in [2.45, 2.75) is 24.3 Å². The SMILES string of the molecule is Cc1ccc(SCC(Cc2ccoc2)NN)cc1. The highest BCUT2D eigenvalue weighted by atomic mass is 32.2. The maximum Gasteiger partial charge on any atom is 0.0935 e. The number of hydrogen-bond acceptors (Lipinski definition) is 4. The number of hydrogen-bond donors (Lipinski definition) is 2. The van der Waals surface area contributed by atoms with Crippen molar-refractivity contribution in [2.24, 2.45) is 5.84 Å². The molecule has 3 nitrogen and oxygen atoms in total. The van der Waals surface area contributed by atoms with E-state index < -0.39 is 0 Å². The number of furan rings is 1. The van der Waals surface area contributed by atoms with Gasteiger partial charge in [0.1, 0.15) is 0 Å². The molecule has 1 aromatic heterocycles. The van der Waals surface area contributed by atoms with E-state index in [2.05, 4.69) is 36.6 Å². The van der Waals surface area contributed by atoms with Crippen LogP contribution >= 0.6 is 11.8 Å². The van der Waals surface area contributed by atoms with E-state index in [0.717, 1.165) is 12.2 Å². The molecule has 1 aromatic carbocycles. The van der Waals surface area contributed by atoms with Gasteiger partial charge >= 0.3 is 0 Å². The zero-order chi connectivity index (χ0) is 12.8. The molecule has 0 aliphatic heterocycles. The predicted octanol–water partition coefficient (Wildman–Crippen LogP) is 2.75. The fourth-order valence-corrected chi connectivity index (χ4v) is 2.63. The van der Waals surface area contributed by atoms with Crippen LogP contribution in [0.5, 0.6) is 0 Å². The van der Waals surface area contributed by atoms with Gasteiger partial charge in [-0.3, -0.25) is 11.3 Å². The first-order valence-electron chi connectivity index (χ1n) is 5.94. The standard InChI is InChI=1S/C14H18N2OS/c1-11-2-4-14(5-3-11)18-10-13(16-15)8-12-6-7-17-9-12/h2-7,9,13,16H,8,10,15H2,1H3. The van der Waals surface area contributed by atoms with Crippen molar-refractivity contribution in [3.05, 3.63) is 54.0 Å². The summed E-state index contributed by atoms with van der Waals surface area (Å²) < 4.78 is 5.06. The van der Waals surface area contributed by atoms with Crippen LogP contribution in [0.15, 0.2) is 52.2 Å². The van der Waals surface area contributed by atoms with E-state index in [1.165, 1.54) is 16.0 Å². The Balaban J connectivity index is 1.85. The van der Waals surface area contributed by atoms with Gasteiger partial charge in [0.25, 0.3) is 0 Å². The van der Waals surface area contributed by atoms with E-state index >= 15 is 0 Å². The Bertz CT molecular complexity index is 453. The van der Waals surface area contributed by atoms with Crippen molar-refractivity contribution in [3.63, 3.8) is 0 Å². The summed E-state index contributed by atoms with van der Waals surface area (Å²) in [6.07, 6.45) is 4.34. The van der Waals surface area contributed by atoms with Gasteiger partial charge in [-0.1, -0.05) is 17.7 Å². The van der Waals surface area contributed by atoms with Crippen LogP contribution in [-0.4, -0.2) is 11.8 Å². The number of thioether (sulfide) groups is 1. The molecule has 0 aliphatic rings. The van der Waals surface area contributed by atoms with E-state index in [-0.39, 0.29) is 6.04 Å². The van der Waals surface area contributed by atoms with Crippen molar-refractivity contribution in [2.75, 3.05) is 5.75 Å². The van der Waals surface area contributed by atoms with Gasteiger partial charge in [-0.25, -0.2) is 0 Å². The Morgan fingerprint density at radius 2 is 2.06 bits per heavy atom. The first kappa shape index (κ1) is 13.2. The first-order chi connectivity index (χ1) is 8.78. The van der Waals surface area contributed by atoms with Crippen LogP contribution in [-0.2, 0) is 6.42 Å². The quantitative estimate of drug-likeness (QED) is 0.477. The monoisotopic (exact) mass is 262 g/mol. The second-order valence-electron chi connectivity index (χ2n) is 4.32. The van der Waals surface area contributed by atoms with E-state index in [0.29, 0.717) is 0 Å². The lowest BCUT2D eigenvalue weighted by Gasteiger charge is -2.14. The first-order valence-corrected chi connectivity index (χ1v) is 6.93. The number of nitrogens with one attached hydrogen (secondary N) is 1. The Kier molecular flexibility index (Phi) is 4.87. The number of aryl methyl sites for hydroxylation is 1. The molecule has 1 atom stereocenters. The van der Waals surface area contributed by atoms with Crippen molar-refractivity contribution >= 4 is 11.8 Å². The van der Waals surface area contributed by atoms with Crippen LogP contribution in [0.3, 0.4) is 0 Å². The largest absolute Gasteiger partial charge is 0.472 e. The van der Waals surface area contributed by atoms with Crippen LogP contribution < -0.4 is 11.3 Å². The minimum Gasteiger partial charge on any atom is -0.472 e. The minimum atomic E-state index is 0.244. The average molecular weight is 262 g/mol. The maximum absolute atomic E-state index is 5.58. The molecule has 0 fully saturated rings. The number of hydrazine groups is 1.